The Balaban J connectivity index is 2.33. The fraction of sp³-hybridized carbons (Fsp3) is 0.294. The molecule has 0 aliphatic rings. The number of hydrogen-bond acceptors (Lipinski definition) is 5. The number of pyridine rings is 1. The summed E-state index contributed by atoms with van der Waals surface area (Å²) in [7, 11) is 1.51. The van der Waals surface area contributed by atoms with Crippen LogP contribution in [0.2, 0.25) is 0 Å². The van der Waals surface area contributed by atoms with Crippen molar-refractivity contribution in [2.24, 2.45) is 11.5 Å². The number of imidazole rings is 1. The van der Waals surface area contributed by atoms with Crippen molar-refractivity contribution in [3.63, 3.8) is 0 Å². The molecule has 0 fully saturated rings. The van der Waals surface area contributed by atoms with Crippen molar-refractivity contribution < 1.29 is 9.13 Å². The SMILES string of the molecule is CCCC(/C=C(\N)OC)=C(/N)Cn1ccnc1-c1cccc(F)n1. The van der Waals surface area contributed by atoms with Gasteiger partial charge in [-0.05, 0) is 24.1 Å². The highest BCUT2D eigenvalue weighted by Crippen LogP contribution is 2.18. The molecule has 0 unspecified atom stereocenters. The highest BCUT2D eigenvalue weighted by atomic mass is 19.1. The minimum Gasteiger partial charge on any atom is -0.483 e. The average Bonchev–Trinajstić information content (AvgIpc) is 3.02. The smallest absolute Gasteiger partial charge is 0.213 e. The van der Waals surface area contributed by atoms with E-state index in [2.05, 4.69) is 16.9 Å². The maximum Gasteiger partial charge on any atom is 0.213 e. The van der Waals surface area contributed by atoms with Gasteiger partial charge in [-0.15, -0.1) is 0 Å². The largest absolute Gasteiger partial charge is 0.483 e. The van der Waals surface area contributed by atoms with Gasteiger partial charge in [0.1, 0.15) is 5.69 Å². The Kier molecular flexibility index (Phi) is 5.95. The highest BCUT2D eigenvalue weighted by Gasteiger charge is 2.10. The molecule has 0 saturated carbocycles. The number of hydrogen-bond donors (Lipinski definition) is 2. The van der Waals surface area contributed by atoms with E-state index in [4.69, 9.17) is 16.2 Å². The summed E-state index contributed by atoms with van der Waals surface area (Å²) in [5.74, 6) is 0.309. The molecule has 0 bridgehead atoms. The topological polar surface area (TPSA) is 92.0 Å². The molecule has 24 heavy (non-hydrogen) atoms. The standard InChI is InChI=1S/C17H22FN5O/c1-3-5-12(10-16(20)24-2)13(19)11-23-9-8-21-17(23)14-6-4-7-15(18)22-14/h4,6-10H,3,5,11,19-20H2,1-2H3/b13-12-,16-10+. The van der Waals surface area contributed by atoms with Crippen molar-refractivity contribution in [2.75, 3.05) is 7.11 Å². The lowest BCUT2D eigenvalue weighted by Crippen LogP contribution is -2.13. The Morgan fingerprint density at radius 2 is 2.17 bits per heavy atom. The van der Waals surface area contributed by atoms with Crippen LogP contribution < -0.4 is 11.5 Å². The number of halogens is 1. The van der Waals surface area contributed by atoms with E-state index in [1.165, 1.54) is 13.2 Å². The molecule has 0 radical (unpaired) electrons. The molecule has 6 nitrogen and oxygen atoms in total. The Morgan fingerprint density at radius 1 is 1.38 bits per heavy atom. The molecular formula is C17H22FN5O. The first-order valence-electron chi connectivity index (χ1n) is 7.67. The van der Waals surface area contributed by atoms with E-state index >= 15 is 0 Å². The summed E-state index contributed by atoms with van der Waals surface area (Å²) in [5.41, 5.74) is 14.0. The monoisotopic (exact) mass is 331 g/mol. The third-order valence-corrected chi connectivity index (χ3v) is 3.48. The van der Waals surface area contributed by atoms with E-state index in [0.717, 1.165) is 18.4 Å². The second kappa shape index (κ2) is 8.14. The molecule has 0 saturated heterocycles. The molecule has 2 aromatic rings. The molecule has 2 aromatic heterocycles. The fourth-order valence-corrected chi connectivity index (χ4v) is 2.31. The first-order valence-corrected chi connectivity index (χ1v) is 7.67. The number of nitrogens with two attached hydrogens (primary N) is 2. The second-order valence-corrected chi connectivity index (χ2v) is 5.28. The summed E-state index contributed by atoms with van der Waals surface area (Å²) in [5, 5.41) is 0. The molecule has 0 aromatic carbocycles. The van der Waals surface area contributed by atoms with Gasteiger partial charge in [0.2, 0.25) is 5.95 Å². The lowest BCUT2D eigenvalue weighted by Gasteiger charge is -2.12. The Labute approximate surface area is 140 Å². The molecule has 0 amide bonds. The van der Waals surface area contributed by atoms with E-state index in [0.29, 0.717) is 29.6 Å². The van der Waals surface area contributed by atoms with Gasteiger partial charge in [-0.3, -0.25) is 0 Å². The predicted molar refractivity (Wildman–Crippen MR) is 90.8 cm³/mol. The maximum atomic E-state index is 13.3. The second-order valence-electron chi connectivity index (χ2n) is 5.28. The Bertz CT molecular complexity index is 751. The quantitative estimate of drug-likeness (QED) is 0.462. The average molecular weight is 331 g/mol. The van der Waals surface area contributed by atoms with Gasteiger partial charge in [0.25, 0.3) is 0 Å². The van der Waals surface area contributed by atoms with Crippen molar-refractivity contribution in [3.05, 3.63) is 59.8 Å². The van der Waals surface area contributed by atoms with Crippen LogP contribution in [0.4, 0.5) is 4.39 Å². The molecule has 128 valence electrons. The molecule has 2 heterocycles. The van der Waals surface area contributed by atoms with Crippen LogP contribution in [-0.4, -0.2) is 21.6 Å². The van der Waals surface area contributed by atoms with Crippen LogP contribution in [0.25, 0.3) is 11.5 Å². The van der Waals surface area contributed by atoms with Crippen molar-refractivity contribution in [2.45, 2.75) is 26.3 Å². The molecule has 0 aliphatic carbocycles. The normalized spacial score (nSPS) is 12.9. The lowest BCUT2D eigenvalue weighted by molar-refractivity contribution is 0.287. The van der Waals surface area contributed by atoms with Gasteiger partial charge in [0, 0.05) is 24.2 Å². The summed E-state index contributed by atoms with van der Waals surface area (Å²) >= 11 is 0. The third kappa shape index (κ3) is 4.34. The van der Waals surface area contributed by atoms with Gasteiger partial charge in [-0.2, -0.15) is 4.39 Å². The lowest BCUT2D eigenvalue weighted by atomic mass is 10.1. The number of methoxy groups -OCH3 is 1. The first-order chi connectivity index (χ1) is 11.5. The van der Waals surface area contributed by atoms with Gasteiger partial charge >= 0.3 is 0 Å². The van der Waals surface area contributed by atoms with Crippen LogP contribution in [-0.2, 0) is 11.3 Å². The molecular weight excluding hydrogens is 309 g/mol. The van der Waals surface area contributed by atoms with Gasteiger partial charge in [-0.1, -0.05) is 19.4 Å². The molecule has 0 aliphatic heterocycles. The zero-order valence-corrected chi connectivity index (χ0v) is 13.9. The van der Waals surface area contributed by atoms with Crippen molar-refractivity contribution in [1.82, 2.24) is 14.5 Å². The van der Waals surface area contributed by atoms with Gasteiger partial charge in [0.15, 0.2) is 11.7 Å². The Hall–Kier alpha value is -2.83. The van der Waals surface area contributed by atoms with Gasteiger partial charge < -0.3 is 20.8 Å². The van der Waals surface area contributed by atoms with E-state index in [9.17, 15) is 4.39 Å². The van der Waals surface area contributed by atoms with E-state index in [1.807, 2.05) is 4.57 Å². The summed E-state index contributed by atoms with van der Waals surface area (Å²) in [6.07, 6.45) is 6.84. The van der Waals surface area contributed by atoms with Crippen LogP contribution in [0.15, 0.2) is 53.8 Å². The number of nitrogens with zero attached hydrogens (tertiary/aromatic N) is 3. The highest BCUT2D eigenvalue weighted by molar-refractivity contribution is 5.49. The summed E-state index contributed by atoms with van der Waals surface area (Å²) < 4.78 is 20.2. The number of allylic oxidation sites excluding steroid dienone is 3. The zero-order valence-electron chi connectivity index (χ0n) is 13.9. The minimum absolute atomic E-state index is 0.305. The minimum atomic E-state index is -0.548. The number of rotatable bonds is 7. The first kappa shape index (κ1) is 17.5. The van der Waals surface area contributed by atoms with Gasteiger partial charge in [-0.25, -0.2) is 9.97 Å². The van der Waals surface area contributed by atoms with Crippen molar-refractivity contribution in [1.29, 1.82) is 0 Å². The van der Waals surface area contributed by atoms with Gasteiger partial charge in [0.05, 0.1) is 13.7 Å². The van der Waals surface area contributed by atoms with Crippen LogP contribution in [0.3, 0.4) is 0 Å². The van der Waals surface area contributed by atoms with E-state index in [-0.39, 0.29) is 0 Å². The maximum absolute atomic E-state index is 13.3. The molecule has 0 atom stereocenters. The summed E-state index contributed by atoms with van der Waals surface area (Å²) in [6.45, 7) is 2.46. The number of ether oxygens (including phenoxy) is 1. The van der Waals surface area contributed by atoms with Crippen LogP contribution >= 0.6 is 0 Å². The van der Waals surface area contributed by atoms with Crippen LogP contribution in [0.1, 0.15) is 19.8 Å². The van der Waals surface area contributed by atoms with Crippen molar-refractivity contribution in [3.8, 4) is 11.5 Å². The molecule has 7 heteroatoms. The van der Waals surface area contributed by atoms with Crippen molar-refractivity contribution >= 4 is 0 Å². The van der Waals surface area contributed by atoms with E-state index < -0.39 is 5.95 Å². The predicted octanol–water partition coefficient (Wildman–Crippen LogP) is 2.54. The van der Waals surface area contributed by atoms with Crippen LogP contribution in [0.5, 0.6) is 0 Å². The molecule has 2 rings (SSSR count). The van der Waals surface area contributed by atoms with E-state index in [1.54, 1.807) is 30.6 Å². The molecule has 0 spiro atoms. The van der Waals surface area contributed by atoms with Crippen LogP contribution in [0, 0.1) is 5.95 Å². The summed E-state index contributed by atoms with van der Waals surface area (Å²) in [6, 6.07) is 4.60. The third-order valence-electron chi connectivity index (χ3n) is 3.48. The Morgan fingerprint density at radius 3 is 2.83 bits per heavy atom. The number of aromatic nitrogens is 3. The fourth-order valence-electron chi connectivity index (χ4n) is 2.31. The molecule has 4 N–H and O–H groups in total. The summed E-state index contributed by atoms with van der Waals surface area (Å²) in [4.78, 5) is 8.12. The zero-order chi connectivity index (χ0) is 17.5.